The van der Waals surface area contributed by atoms with Crippen molar-refractivity contribution in [2.24, 2.45) is 5.41 Å². The van der Waals surface area contributed by atoms with Gasteiger partial charge in [0.15, 0.2) is 5.78 Å². The highest BCUT2D eigenvalue weighted by molar-refractivity contribution is 6.33. The molecule has 0 aliphatic carbocycles. The van der Waals surface area contributed by atoms with Gasteiger partial charge in [0.1, 0.15) is 0 Å². The number of rotatable bonds is 5. The highest BCUT2D eigenvalue weighted by Gasteiger charge is 2.46. The Morgan fingerprint density at radius 2 is 1.69 bits per heavy atom. The topological polar surface area (TPSA) is 93.7 Å². The molecule has 0 unspecified atom stereocenters. The quantitative estimate of drug-likeness (QED) is 0.454. The molecule has 35 heavy (non-hydrogen) atoms. The summed E-state index contributed by atoms with van der Waals surface area (Å²) in [5, 5.41) is 7.14. The van der Waals surface area contributed by atoms with Crippen molar-refractivity contribution in [1.29, 1.82) is 0 Å². The zero-order valence-corrected chi connectivity index (χ0v) is 21.1. The fraction of sp³-hybridized carbons (Fsp3) is 0.444. The lowest BCUT2D eigenvalue weighted by Gasteiger charge is -2.32. The average Bonchev–Trinajstić information content (AvgIpc) is 3.05. The molecule has 0 saturated carbocycles. The first-order chi connectivity index (χ1) is 16.6. The SMILES string of the molecule is CC(C)(C)CC(=O)c1ccc(CNc2c(Cl)ccc3c2CCNCC32OC(=O)CCC(=O)O2)cc1. The third-order valence-electron chi connectivity index (χ3n) is 6.11. The van der Waals surface area contributed by atoms with Crippen LogP contribution in [0.5, 0.6) is 0 Å². The number of Topliss-reactive ketones (excluding diaryl/α,β-unsaturated/α-hetero) is 1. The number of carbonyl (C=O) groups is 3. The van der Waals surface area contributed by atoms with Gasteiger partial charge in [-0.3, -0.25) is 14.4 Å². The fourth-order valence-corrected chi connectivity index (χ4v) is 4.69. The zero-order valence-electron chi connectivity index (χ0n) is 20.3. The largest absolute Gasteiger partial charge is 0.416 e. The van der Waals surface area contributed by atoms with Crippen molar-refractivity contribution in [3.63, 3.8) is 0 Å². The minimum Gasteiger partial charge on any atom is -0.416 e. The lowest BCUT2D eigenvalue weighted by atomic mass is 9.88. The number of nitrogens with one attached hydrogen (secondary N) is 2. The van der Waals surface area contributed by atoms with Crippen LogP contribution in [0.15, 0.2) is 36.4 Å². The molecule has 2 aromatic rings. The summed E-state index contributed by atoms with van der Waals surface area (Å²) >= 11 is 6.58. The normalized spacial score (nSPS) is 17.6. The molecule has 2 aliphatic heterocycles. The second-order valence-electron chi connectivity index (χ2n) is 10.3. The van der Waals surface area contributed by atoms with Gasteiger partial charge in [0.05, 0.1) is 30.1 Å². The summed E-state index contributed by atoms with van der Waals surface area (Å²) in [5.41, 5.74) is 3.77. The van der Waals surface area contributed by atoms with Crippen molar-refractivity contribution in [3.05, 3.63) is 63.7 Å². The number of anilines is 1. The smallest absolute Gasteiger partial charge is 0.309 e. The van der Waals surface area contributed by atoms with Crippen LogP contribution in [0.2, 0.25) is 5.02 Å². The molecule has 0 aromatic heterocycles. The maximum atomic E-state index is 12.5. The number of halogens is 1. The van der Waals surface area contributed by atoms with E-state index in [1.54, 1.807) is 12.1 Å². The van der Waals surface area contributed by atoms with Crippen LogP contribution in [0.3, 0.4) is 0 Å². The minimum atomic E-state index is -1.52. The highest BCUT2D eigenvalue weighted by Crippen LogP contribution is 2.40. The van der Waals surface area contributed by atoms with E-state index in [4.69, 9.17) is 21.1 Å². The minimum absolute atomic E-state index is 0.0110. The molecular weight excluding hydrogens is 468 g/mol. The first-order valence-corrected chi connectivity index (χ1v) is 12.3. The van der Waals surface area contributed by atoms with Gasteiger partial charge >= 0.3 is 11.9 Å². The molecule has 7 nitrogen and oxygen atoms in total. The molecule has 2 heterocycles. The Labute approximate surface area is 210 Å². The van der Waals surface area contributed by atoms with Crippen molar-refractivity contribution in [1.82, 2.24) is 5.32 Å². The summed E-state index contributed by atoms with van der Waals surface area (Å²) in [6, 6.07) is 11.0. The summed E-state index contributed by atoms with van der Waals surface area (Å²) < 4.78 is 11.4. The molecule has 4 rings (SSSR count). The number of ether oxygens (including phenoxy) is 2. The number of hydrogen-bond acceptors (Lipinski definition) is 7. The van der Waals surface area contributed by atoms with E-state index >= 15 is 0 Å². The van der Waals surface area contributed by atoms with Crippen LogP contribution in [0, 0.1) is 5.41 Å². The van der Waals surface area contributed by atoms with E-state index in [2.05, 4.69) is 10.6 Å². The maximum Gasteiger partial charge on any atom is 0.309 e. The molecule has 8 heteroatoms. The van der Waals surface area contributed by atoms with E-state index in [0.29, 0.717) is 47.8 Å². The first-order valence-electron chi connectivity index (χ1n) is 11.9. The third kappa shape index (κ3) is 5.85. The molecule has 2 aromatic carbocycles. The monoisotopic (exact) mass is 498 g/mol. The van der Waals surface area contributed by atoms with Crippen LogP contribution in [-0.4, -0.2) is 30.8 Å². The van der Waals surface area contributed by atoms with E-state index in [1.165, 1.54) is 0 Å². The molecule has 2 aliphatic rings. The van der Waals surface area contributed by atoms with E-state index in [9.17, 15) is 14.4 Å². The lowest BCUT2D eigenvalue weighted by molar-refractivity contribution is -0.225. The number of fused-ring (bicyclic) bond motifs is 2. The Balaban J connectivity index is 1.58. The summed E-state index contributed by atoms with van der Waals surface area (Å²) in [5.74, 6) is -2.35. The fourth-order valence-electron chi connectivity index (χ4n) is 4.45. The van der Waals surface area contributed by atoms with Gasteiger partial charge < -0.3 is 20.1 Å². The van der Waals surface area contributed by atoms with Crippen LogP contribution >= 0.6 is 11.6 Å². The molecule has 0 atom stereocenters. The van der Waals surface area contributed by atoms with Crippen LogP contribution in [0.25, 0.3) is 0 Å². The van der Waals surface area contributed by atoms with Crippen molar-refractivity contribution >= 4 is 35.0 Å². The Kier molecular flexibility index (Phi) is 7.20. The van der Waals surface area contributed by atoms with Crippen LogP contribution in [0.4, 0.5) is 5.69 Å². The van der Waals surface area contributed by atoms with Gasteiger partial charge in [0.2, 0.25) is 0 Å². The number of hydrogen-bond donors (Lipinski definition) is 2. The van der Waals surface area contributed by atoms with Gasteiger partial charge in [-0.1, -0.05) is 56.6 Å². The Bertz CT molecular complexity index is 1120. The number of carbonyl (C=O) groups excluding carboxylic acids is 3. The van der Waals surface area contributed by atoms with Crippen molar-refractivity contribution in [2.45, 2.75) is 58.8 Å². The van der Waals surface area contributed by atoms with E-state index in [0.717, 1.165) is 11.1 Å². The van der Waals surface area contributed by atoms with E-state index in [-0.39, 0.29) is 30.6 Å². The third-order valence-corrected chi connectivity index (χ3v) is 6.42. The molecule has 0 bridgehead atoms. The molecule has 1 spiro atoms. The van der Waals surface area contributed by atoms with Gasteiger partial charge in [0, 0.05) is 24.1 Å². The molecule has 186 valence electrons. The van der Waals surface area contributed by atoms with E-state index < -0.39 is 17.7 Å². The van der Waals surface area contributed by atoms with Gasteiger partial charge in [-0.2, -0.15) is 0 Å². The second kappa shape index (κ2) is 9.99. The summed E-state index contributed by atoms with van der Waals surface area (Å²) in [4.78, 5) is 37.1. The van der Waals surface area contributed by atoms with Crippen LogP contribution < -0.4 is 10.6 Å². The van der Waals surface area contributed by atoms with Crippen molar-refractivity contribution in [3.8, 4) is 0 Å². The number of benzene rings is 2. The van der Waals surface area contributed by atoms with Crippen LogP contribution in [-0.2, 0) is 37.8 Å². The summed E-state index contributed by atoms with van der Waals surface area (Å²) in [6.45, 7) is 7.39. The second-order valence-corrected chi connectivity index (χ2v) is 10.7. The standard InChI is InChI=1S/C27H31ClN2O5/c1-26(2,3)14-22(31)18-6-4-17(5-7-18)15-30-25-19-12-13-29-16-27(20(19)8-9-21(25)28)34-23(32)10-11-24(33)35-27/h4-9,29-30H,10-16H2,1-3H3. The molecule has 2 N–H and O–H groups in total. The average molecular weight is 499 g/mol. The number of ketones is 1. The zero-order chi connectivity index (χ0) is 25.2. The van der Waals surface area contributed by atoms with Crippen molar-refractivity contribution in [2.75, 3.05) is 18.4 Å². The van der Waals surface area contributed by atoms with E-state index in [1.807, 2.05) is 45.0 Å². The Morgan fingerprint density at radius 1 is 1.03 bits per heavy atom. The molecule has 0 radical (unpaired) electrons. The van der Waals surface area contributed by atoms with Gasteiger partial charge in [-0.05, 0) is 41.6 Å². The summed E-state index contributed by atoms with van der Waals surface area (Å²) in [6.07, 6.45) is 1.07. The molecule has 1 fully saturated rings. The lowest BCUT2D eigenvalue weighted by Crippen LogP contribution is -2.43. The van der Waals surface area contributed by atoms with Gasteiger partial charge in [-0.25, -0.2) is 0 Å². The summed E-state index contributed by atoms with van der Waals surface area (Å²) in [7, 11) is 0. The molecule has 0 amide bonds. The van der Waals surface area contributed by atoms with Crippen LogP contribution in [0.1, 0.15) is 67.1 Å². The maximum absolute atomic E-state index is 12.5. The van der Waals surface area contributed by atoms with Gasteiger partial charge in [0.25, 0.3) is 5.79 Å². The Hall–Kier alpha value is -2.90. The number of esters is 2. The molecular formula is C27H31ClN2O5. The molecule has 1 saturated heterocycles. The Morgan fingerprint density at radius 3 is 2.31 bits per heavy atom. The van der Waals surface area contributed by atoms with Gasteiger partial charge in [-0.15, -0.1) is 0 Å². The predicted molar refractivity (Wildman–Crippen MR) is 133 cm³/mol. The predicted octanol–water partition coefficient (Wildman–Crippen LogP) is 4.75. The first kappa shape index (κ1) is 25.2. The van der Waals surface area contributed by atoms with Crippen molar-refractivity contribution < 1.29 is 23.9 Å². The highest BCUT2D eigenvalue weighted by atomic mass is 35.5.